The number of hydrogen-bond acceptors (Lipinski definition) is 3. The normalized spacial score (nSPS) is 16.8. The van der Waals surface area contributed by atoms with Crippen molar-refractivity contribution in [1.29, 1.82) is 0 Å². The van der Waals surface area contributed by atoms with Gasteiger partial charge < -0.3 is 4.90 Å². The van der Waals surface area contributed by atoms with Gasteiger partial charge in [-0.2, -0.15) is 0 Å². The molecule has 116 valence electrons. The molecular weight excluding hydrogens is 286 g/mol. The van der Waals surface area contributed by atoms with Crippen LogP contribution < -0.4 is 10.5 Å². The minimum Gasteiger partial charge on any atom is -0.362 e. The number of aromatic nitrogens is 2. The molecule has 4 nitrogen and oxygen atoms in total. The maximum Gasteiger partial charge on any atom is 0.258 e. The molecule has 0 amide bonds. The zero-order valence-electron chi connectivity index (χ0n) is 13.4. The monoisotopic (exact) mass is 305 g/mol. The van der Waals surface area contributed by atoms with Crippen LogP contribution in [-0.2, 0) is 13.0 Å². The first-order chi connectivity index (χ1) is 11.1. The number of benzene rings is 1. The van der Waals surface area contributed by atoms with Gasteiger partial charge in [0, 0.05) is 24.0 Å². The van der Waals surface area contributed by atoms with Gasteiger partial charge in [0.05, 0.1) is 12.2 Å². The number of nitrogens with zero attached hydrogens (tertiary/aromatic N) is 3. The first-order valence-electron chi connectivity index (χ1n) is 7.95. The lowest BCUT2D eigenvalue weighted by atomic mass is 10.1. The summed E-state index contributed by atoms with van der Waals surface area (Å²) in [4.78, 5) is 19.4. The van der Waals surface area contributed by atoms with E-state index in [4.69, 9.17) is 0 Å². The lowest BCUT2D eigenvalue weighted by Gasteiger charge is -2.24. The Hall–Kier alpha value is -2.62. The summed E-state index contributed by atoms with van der Waals surface area (Å²) >= 11 is 0. The first-order valence-corrected chi connectivity index (χ1v) is 7.95. The van der Waals surface area contributed by atoms with Crippen molar-refractivity contribution < 1.29 is 0 Å². The van der Waals surface area contributed by atoms with Crippen molar-refractivity contribution in [2.75, 3.05) is 4.90 Å². The van der Waals surface area contributed by atoms with Gasteiger partial charge in [-0.3, -0.25) is 9.20 Å². The van der Waals surface area contributed by atoms with Crippen LogP contribution in [0.15, 0.2) is 53.5 Å². The molecule has 3 aromatic rings. The van der Waals surface area contributed by atoms with Gasteiger partial charge in [0.1, 0.15) is 5.65 Å². The molecule has 0 bridgehead atoms. The molecule has 23 heavy (non-hydrogen) atoms. The van der Waals surface area contributed by atoms with Crippen molar-refractivity contribution in [2.45, 2.75) is 32.9 Å². The highest BCUT2D eigenvalue weighted by molar-refractivity contribution is 5.59. The third kappa shape index (κ3) is 2.40. The average molecular weight is 305 g/mol. The standard InChI is InChI=1S/C19H19N3O/c1-13-7-8-18-20-16(10-19(23)22(18)11-13)12-21-14(2)9-15-5-3-4-6-17(15)21/h3-8,10-11,14H,9,12H2,1-2H3/t14-/m0/s1. The van der Waals surface area contributed by atoms with E-state index < -0.39 is 0 Å². The molecule has 4 heteroatoms. The highest BCUT2D eigenvalue weighted by Crippen LogP contribution is 2.32. The summed E-state index contributed by atoms with van der Waals surface area (Å²) in [5.41, 5.74) is 5.18. The van der Waals surface area contributed by atoms with E-state index in [1.807, 2.05) is 25.3 Å². The topological polar surface area (TPSA) is 37.6 Å². The summed E-state index contributed by atoms with van der Waals surface area (Å²) in [6, 6.07) is 14.4. The zero-order chi connectivity index (χ0) is 16.0. The third-order valence-corrected chi connectivity index (χ3v) is 4.54. The van der Waals surface area contributed by atoms with Gasteiger partial charge in [-0.05, 0) is 43.5 Å². The van der Waals surface area contributed by atoms with Gasteiger partial charge in [0.15, 0.2) is 0 Å². The Morgan fingerprint density at radius 3 is 2.91 bits per heavy atom. The van der Waals surface area contributed by atoms with Crippen LogP contribution in [0.3, 0.4) is 0 Å². The number of rotatable bonds is 2. The van der Waals surface area contributed by atoms with E-state index in [0.717, 1.165) is 17.7 Å². The maximum atomic E-state index is 12.4. The Morgan fingerprint density at radius 1 is 1.22 bits per heavy atom. The predicted molar refractivity (Wildman–Crippen MR) is 92.0 cm³/mol. The summed E-state index contributed by atoms with van der Waals surface area (Å²) in [6.07, 6.45) is 2.88. The van der Waals surface area contributed by atoms with E-state index >= 15 is 0 Å². The maximum absolute atomic E-state index is 12.4. The van der Waals surface area contributed by atoms with Crippen LogP contribution in [0.2, 0.25) is 0 Å². The Balaban J connectivity index is 1.74. The Kier molecular flexibility index (Phi) is 3.18. The molecular formula is C19H19N3O. The largest absolute Gasteiger partial charge is 0.362 e. The Bertz CT molecular complexity index is 945. The van der Waals surface area contributed by atoms with E-state index in [-0.39, 0.29) is 5.56 Å². The molecule has 0 N–H and O–H groups in total. The summed E-state index contributed by atoms with van der Waals surface area (Å²) in [7, 11) is 0. The predicted octanol–water partition coefficient (Wildman–Crippen LogP) is 2.95. The lowest BCUT2D eigenvalue weighted by Crippen LogP contribution is -2.30. The fourth-order valence-electron chi connectivity index (χ4n) is 3.38. The second kappa shape index (κ2) is 5.23. The molecule has 2 aromatic heterocycles. The third-order valence-electron chi connectivity index (χ3n) is 4.54. The highest BCUT2D eigenvalue weighted by Gasteiger charge is 2.25. The number of aryl methyl sites for hydroxylation is 1. The molecule has 0 saturated heterocycles. The molecule has 0 radical (unpaired) electrons. The van der Waals surface area contributed by atoms with E-state index in [9.17, 15) is 4.79 Å². The van der Waals surface area contributed by atoms with E-state index in [2.05, 4.69) is 41.1 Å². The summed E-state index contributed by atoms with van der Waals surface area (Å²) < 4.78 is 1.61. The fourth-order valence-corrected chi connectivity index (χ4v) is 3.38. The fraction of sp³-hybridized carbons (Fsp3) is 0.263. The van der Waals surface area contributed by atoms with Gasteiger partial charge in [-0.1, -0.05) is 24.3 Å². The number of pyridine rings is 1. The minimum atomic E-state index is -0.0196. The number of para-hydroxylation sites is 1. The second-order valence-electron chi connectivity index (χ2n) is 6.33. The molecule has 0 fully saturated rings. The van der Waals surface area contributed by atoms with Crippen molar-refractivity contribution in [3.05, 3.63) is 75.8 Å². The van der Waals surface area contributed by atoms with Crippen LogP contribution in [0, 0.1) is 6.92 Å². The smallest absolute Gasteiger partial charge is 0.258 e. The van der Waals surface area contributed by atoms with Crippen molar-refractivity contribution in [2.24, 2.45) is 0 Å². The second-order valence-corrected chi connectivity index (χ2v) is 6.33. The minimum absolute atomic E-state index is 0.0196. The number of fused-ring (bicyclic) bond motifs is 2. The molecule has 0 spiro atoms. The van der Waals surface area contributed by atoms with Crippen LogP contribution >= 0.6 is 0 Å². The van der Waals surface area contributed by atoms with Gasteiger partial charge in [0.25, 0.3) is 5.56 Å². The molecule has 3 heterocycles. The molecule has 4 rings (SSSR count). The van der Waals surface area contributed by atoms with E-state index in [1.165, 1.54) is 11.3 Å². The molecule has 1 aromatic carbocycles. The van der Waals surface area contributed by atoms with Crippen LogP contribution in [0.1, 0.15) is 23.7 Å². The van der Waals surface area contributed by atoms with Crippen molar-refractivity contribution in [3.63, 3.8) is 0 Å². The summed E-state index contributed by atoms with van der Waals surface area (Å²) in [5.74, 6) is 0. The van der Waals surface area contributed by atoms with Crippen LogP contribution in [0.25, 0.3) is 5.65 Å². The molecule has 0 aliphatic carbocycles. The number of anilines is 1. The lowest BCUT2D eigenvalue weighted by molar-refractivity contribution is 0.664. The Labute approximate surface area is 135 Å². The summed E-state index contributed by atoms with van der Waals surface area (Å²) in [6.45, 7) is 4.86. The van der Waals surface area contributed by atoms with Crippen LogP contribution in [-0.4, -0.2) is 15.4 Å². The molecule has 1 aliphatic heterocycles. The van der Waals surface area contributed by atoms with Crippen LogP contribution in [0.4, 0.5) is 5.69 Å². The van der Waals surface area contributed by atoms with E-state index in [1.54, 1.807) is 10.5 Å². The molecule has 0 unspecified atom stereocenters. The number of hydrogen-bond donors (Lipinski definition) is 0. The van der Waals surface area contributed by atoms with Gasteiger partial charge in [-0.15, -0.1) is 0 Å². The summed E-state index contributed by atoms with van der Waals surface area (Å²) in [5, 5.41) is 0. The molecule has 1 atom stereocenters. The van der Waals surface area contributed by atoms with Gasteiger partial charge in [-0.25, -0.2) is 4.98 Å². The Morgan fingerprint density at radius 2 is 2.04 bits per heavy atom. The van der Waals surface area contributed by atoms with Gasteiger partial charge >= 0.3 is 0 Å². The highest BCUT2D eigenvalue weighted by atomic mass is 16.1. The quantitative estimate of drug-likeness (QED) is 0.730. The van der Waals surface area contributed by atoms with Crippen molar-refractivity contribution in [1.82, 2.24) is 9.38 Å². The van der Waals surface area contributed by atoms with E-state index in [0.29, 0.717) is 18.2 Å². The van der Waals surface area contributed by atoms with Crippen molar-refractivity contribution in [3.8, 4) is 0 Å². The molecule has 1 aliphatic rings. The van der Waals surface area contributed by atoms with Gasteiger partial charge in [0.2, 0.25) is 0 Å². The first kappa shape index (κ1) is 14.0. The van der Waals surface area contributed by atoms with Crippen LogP contribution in [0.5, 0.6) is 0 Å². The molecule has 0 saturated carbocycles. The van der Waals surface area contributed by atoms with Crippen molar-refractivity contribution >= 4 is 11.3 Å². The zero-order valence-corrected chi connectivity index (χ0v) is 13.4. The SMILES string of the molecule is Cc1ccc2nc(CN3c4ccccc4C[C@@H]3C)cc(=O)n2c1. The average Bonchev–Trinajstić information content (AvgIpc) is 2.84.